The molecule has 0 aliphatic rings. The molecule has 0 atom stereocenters. The first-order valence-electron chi connectivity index (χ1n) is 5.74. The predicted molar refractivity (Wildman–Crippen MR) is 66.7 cm³/mol. The van der Waals surface area contributed by atoms with E-state index in [2.05, 4.69) is 12.1 Å². The van der Waals surface area contributed by atoms with Crippen LogP contribution in [0.5, 0.6) is 0 Å². The average Bonchev–Trinajstić information content (AvgIpc) is 2.34. The van der Waals surface area contributed by atoms with Crippen molar-refractivity contribution < 1.29 is 14.6 Å². The summed E-state index contributed by atoms with van der Waals surface area (Å²) in [6.45, 7) is 0. The lowest BCUT2D eigenvalue weighted by atomic mass is 10.1. The molecule has 0 aliphatic carbocycles. The molecule has 0 radical (unpaired) electrons. The smallest absolute Gasteiger partial charge is 0.331 e. The highest BCUT2D eigenvalue weighted by Crippen LogP contribution is 2.11. The van der Waals surface area contributed by atoms with Crippen LogP contribution in [0.4, 0.5) is 0 Å². The molecule has 1 N–H and O–H groups in total. The van der Waals surface area contributed by atoms with Crippen LogP contribution in [0.3, 0.4) is 0 Å². The van der Waals surface area contributed by atoms with Gasteiger partial charge in [0.2, 0.25) is 0 Å². The SMILES string of the molecule is COC(=CC(=O)O)CCCCc1ccccc1. The van der Waals surface area contributed by atoms with Gasteiger partial charge in [-0.25, -0.2) is 4.79 Å². The Morgan fingerprint density at radius 3 is 2.59 bits per heavy atom. The van der Waals surface area contributed by atoms with Gasteiger partial charge in [0.1, 0.15) is 5.76 Å². The Bertz CT molecular complexity index is 368. The van der Waals surface area contributed by atoms with Crippen molar-refractivity contribution in [3.05, 3.63) is 47.7 Å². The van der Waals surface area contributed by atoms with Crippen LogP contribution in [0.2, 0.25) is 0 Å². The molecule has 1 rings (SSSR count). The maximum Gasteiger partial charge on any atom is 0.331 e. The summed E-state index contributed by atoms with van der Waals surface area (Å²) in [5.41, 5.74) is 1.31. The van der Waals surface area contributed by atoms with E-state index in [1.54, 1.807) is 0 Å². The van der Waals surface area contributed by atoms with E-state index in [4.69, 9.17) is 9.84 Å². The highest BCUT2D eigenvalue weighted by molar-refractivity contribution is 5.80. The molecule has 0 heterocycles. The summed E-state index contributed by atoms with van der Waals surface area (Å²) in [7, 11) is 1.51. The number of benzene rings is 1. The summed E-state index contributed by atoms with van der Waals surface area (Å²) in [5, 5.41) is 8.59. The van der Waals surface area contributed by atoms with Crippen LogP contribution in [0.1, 0.15) is 24.8 Å². The molecule has 3 nitrogen and oxygen atoms in total. The number of aliphatic carboxylic acids is 1. The molecule has 0 amide bonds. The number of methoxy groups -OCH3 is 1. The highest BCUT2D eigenvalue weighted by Gasteiger charge is 2.00. The summed E-state index contributed by atoms with van der Waals surface area (Å²) in [4.78, 5) is 10.5. The fraction of sp³-hybridized carbons (Fsp3) is 0.357. The monoisotopic (exact) mass is 234 g/mol. The number of carboxylic acids is 1. The molecule has 1 aromatic rings. The number of hydrogen-bond acceptors (Lipinski definition) is 2. The number of rotatable bonds is 7. The van der Waals surface area contributed by atoms with Crippen molar-refractivity contribution in [3.8, 4) is 0 Å². The van der Waals surface area contributed by atoms with E-state index in [-0.39, 0.29) is 0 Å². The molecule has 0 saturated carbocycles. The Morgan fingerprint density at radius 2 is 2.00 bits per heavy atom. The van der Waals surface area contributed by atoms with E-state index in [0.717, 1.165) is 25.3 Å². The van der Waals surface area contributed by atoms with Crippen LogP contribution >= 0.6 is 0 Å². The number of aryl methyl sites for hydroxylation is 1. The van der Waals surface area contributed by atoms with Crippen molar-refractivity contribution in [2.75, 3.05) is 7.11 Å². The summed E-state index contributed by atoms with van der Waals surface area (Å²) >= 11 is 0. The number of carboxylic acid groups (broad SMARTS) is 1. The first-order valence-corrected chi connectivity index (χ1v) is 5.74. The van der Waals surface area contributed by atoms with Crippen molar-refractivity contribution in [3.63, 3.8) is 0 Å². The largest absolute Gasteiger partial charge is 0.501 e. The van der Waals surface area contributed by atoms with Gasteiger partial charge in [-0.2, -0.15) is 0 Å². The van der Waals surface area contributed by atoms with E-state index >= 15 is 0 Å². The quantitative estimate of drug-likeness (QED) is 0.448. The third-order valence-electron chi connectivity index (χ3n) is 2.53. The molecule has 17 heavy (non-hydrogen) atoms. The minimum atomic E-state index is -0.954. The second-order valence-corrected chi connectivity index (χ2v) is 3.85. The fourth-order valence-corrected chi connectivity index (χ4v) is 1.64. The highest BCUT2D eigenvalue weighted by atomic mass is 16.5. The molecule has 0 saturated heterocycles. The second-order valence-electron chi connectivity index (χ2n) is 3.85. The molecular weight excluding hydrogens is 216 g/mol. The van der Waals surface area contributed by atoms with Gasteiger partial charge in [0.05, 0.1) is 13.2 Å². The van der Waals surface area contributed by atoms with Gasteiger partial charge in [0.25, 0.3) is 0 Å². The summed E-state index contributed by atoms with van der Waals surface area (Å²) < 4.78 is 4.99. The van der Waals surface area contributed by atoms with Gasteiger partial charge in [-0.1, -0.05) is 30.3 Å². The zero-order valence-electron chi connectivity index (χ0n) is 10.1. The molecule has 3 heteroatoms. The standard InChI is InChI=1S/C14H18O3/c1-17-13(11-14(15)16)10-6-5-9-12-7-3-2-4-8-12/h2-4,7-8,11H,5-6,9-10H2,1H3,(H,15,16). The Balaban J connectivity index is 2.26. The van der Waals surface area contributed by atoms with E-state index in [0.29, 0.717) is 12.2 Å². The van der Waals surface area contributed by atoms with E-state index in [9.17, 15) is 4.79 Å². The zero-order chi connectivity index (χ0) is 12.5. The van der Waals surface area contributed by atoms with Gasteiger partial charge in [-0.3, -0.25) is 0 Å². The van der Waals surface area contributed by atoms with Crippen LogP contribution in [-0.4, -0.2) is 18.2 Å². The van der Waals surface area contributed by atoms with Crippen molar-refractivity contribution in [1.82, 2.24) is 0 Å². The van der Waals surface area contributed by atoms with Crippen LogP contribution in [-0.2, 0) is 16.0 Å². The molecule has 1 aromatic carbocycles. The van der Waals surface area contributed by atoms with Gasteiger partial charge in [0.15, 0.2) is 0 Å². The summed E-state index contributed by atoms with van der Waals surface area (Å²) in [6.07, 6.45) is 4.79. The molecule has 0 aliphatic heterocycles. The molecule has 0 aromatic heterocycles. The first kappa shape index (κ1) is 13.3. The summed E-state index contributed by atoms with van der Waals surface area (Å²) in [6, 6.07) is 10.3. The molecule has 0 unspecified atom stereocenters. The Morgan fingerprint density at radius 1 is 1.29 bits per heavy atom. The third kappa shape index (κ3) is 5.76. The Hall–Kier alpha value is -1.77. The lowest BCUT2D eigenvalue weighted by Crippen LogP contribution is -1.95. The van der Waals surface area contributed by atoms with Crippen molar-refractivity contribution >= 4 is 5.97 Å². The van der Waals surface area contributed by atoms with Gasteiger partial charge < -0.3 is 9.84 Å². The van der Waals surface area contributed by atoms with Crippen molar-refractivity contribution in [1.29, 1.82) is 0 Å². The Labute approximate surface area is 102 Å². The molecule has 0 bridgehead atoms. The fourth-order valence-electron chi connectivity index (χ4n) is 1.64. The van der Waals surface area contributed by atoms with E-state index in [1.165, 1.54) is 12.7 Å². The van der Waals surface area contributed by atoms with Crippen molar-refractivity contribution in [2.45, 2.75) is 25.7 Å². The maximum absolute atomic E-state index is 10.5. The average molecular weight is 234 g/mol. The number of ether oxygens (including phenoxy) is 1. The van der Waals surface area contributed by atoms with Gasteiger partial charge in [-0.05, 0) is 24.8 Å². The third-order valence-corrected chi connectivity index (χ3v) is 2.53. The second kappa shape index (κ2) is 7.49. The molecule has 0 spiro atoms. The number of hydrogen-bond donors (Lipinski definition) is 1. The number of allylic oxidation sites excluding steroid dienone is 1. The normalized spacial score (nSPS) is 11.2. The molecule has 0 fully saturated rings. The molecule has 92 valence electrons. The van der Waals surface area contributed by atoms with Gasteiger partial charge in [-0.15, -0.1) is 0 Å². The van der Waals surface area contributed by atoms with E-state index in [1.807, 2.05) is 18.2 Å². The minimum Gasteiger partial charge on any atom is -0.501 e. The Kier molecular flexibility index (Phi) is 5.86. The topological polar surface area (TPSA) is 46.5 Å². The van der Waals surface area contributed by atoms with Crippen molar-refractivity contribution in [2.24, 2.45) is 0 Å². The lowest BCUT2D eigenvalue weighted by molar-refractivity contribution is -0.131. The predicted octanol–water partition coefficient (Wildman–Crippen LogP) is 3.01. The maximum atomic E-state index is 10.5. The van der Waals surface area contributed by atoms with Crippen LogP contribution in [0.25, 0.3) is 0 Å². The van der Waals surface area contributed by atoms with Crippen LogP contribution in [0.15, 0.2) is 42.2 Å². The number of unbranched alkanes of at least 4 members (excludes halogenated alkanes) is 1. The van der Waals surface area contributed by atoms with Gasteiger partial charge >= 0.3 is 5.97 Å². The van der Waals surface area contributed by atoms with Crippen LogP contribution in [0, 0.1) is 0 Å². The van der Waals surface area contributed by atoms with Crippen LogP contribution < -0.4 is 0 Å². The van der Waals surface area contributed by atoms with Gasteiger partial charge in [0, 0.05) is 6.42 Å². The van der Waals surface area contributed by atoms with E-state index < -0.39 is 5.97 Å². The molecular formula is C14H18O3. The summed E-state index contributed by atoms with van der Waals surface area (Å²) in [5.74, 6) is -0.421. The zero-order valence-corrected chi connectivity index (χ0v) is 10.1. The first-order chi connectivity index (χ1) is 8.22. The minimum absolute atomic E-state index is 0.533. The number of carbonyl (C=O) groups is 1. The lowest BCUT2D eigenvalue weighted by Gasteiger charge is -2.05.